The molecular formula is C18H22N2O5S3. The van der Waals surface area contributed by atoms with Crippen LogP contribution in [-0.4, -0.2) is 58.3 Å². The van der Waals surface area contributed by atoms with Crippen molar-refractivity contribution in [2.75, 3.05) is 32.8 Å². The Morgan fingerprint density at radius 1 is 0.893 bits per heavy atom. The average molecular weight is 443 g/mol. The number of ether oxygens (including phenoxy) is 1. The topological polar surface area (TPSA) is 84.0 Å². The van der Waals surface area contributed by atoms with Crippen LogP contribution in [0.4, 0.5) is 0 Å². The van der Waals surface area contributed by atoms with Crippen molar-refractivity contribution in [3.8, 4) is 0 Å². The van der Waals surface area contributed by atoms with Crippen molar-refractivity contribution in [2.45, 2.75) is 28.7 Å². The summed E-state index contributed by atoms with van der Waals surface area (Å²) >= 11 is 1.56. The molecule has 152 valence electrons. The summed E-state index contributed by atoms with van der Waals surface area (Å²) in [5.41, 5.74) is 0. The van der Waals surface area contributed by atoms with Crippen LogP contribution in [0.15, 0.2) is 51.6 Å². The SMILES string of the molecule is O=S(=O)(c1ccc(S(=O)(=O)N2CCC[C@@H]2c2cccs2)cc1)N1CCOCC1. The van der Waals surface area contributed by atoms with Crippen LogP contribution >= 0.6 is 11.3 Å². The van der Waals surface area contributed by atoms with Crippen molar-refractivity contribution in [3.05, 3.63) is 46.7 Å². The maximum absolute atomic E-state index is 13.2. The van der Waals surface area contributed by atoms with Gasteiger partial charge in [-0.3, -0.25) is 0 Å². The van der Waals surface area contributed by atoms with Crippen molar-refractivity contribution in [1.82, 2.24) is 8.61 Å². The molecule has 0 saturated carbocycles. The van der Waals surface area contributed by atoms with Crippen LogP contribution in [0.1, 0.15) is 23.8 Å². The third-order valence-corrected chi connectivity index (χ3v) is 9.92. The lowest BCUT2D eigenvalue weighted by Crippen LogP contribution is -2.40. The molecule has 0 N–H and O–H groups in total. The van der Waals surface area contributed by atoms with E-state index in [0.29, 0.717) is 32.8 Å². The highest BCUT2D eigenvalue weighted by atomic mass is 32.2. The van der Waals surface area contributed by atoms with Gasteiger partial charge in [-0.05, 0) is 48.6 Å². The van der Waals surface area contributed by atoms with Crippen LogP contribution in [0.2, 0.25) is 0 Å². The van der Waals surface area contributed by atoms with E-state index >= 15 is 0 Å². The van der Waals surface area contributed by atoms with Crippen LogP contribution in [0.25, 0.3) is 0 Å². The van der Waals surface area contributed by atoms with Gasteiger partial charge in [-0.2, -0.15) is 8.61 Å². The Hall–Kier alpha value is -1.30. The number of hydrogen-bond acceptors (Lipinski definition) is 6. The standard InChI is InChI=1S/C18H22N2O5S3/c21-27(22,19-10-12-25-13-11-19)15-5-7-16(8-6-15)28(23,24)20-9-1-3-17(20)18-4-2-14-26-18/h2,4-8,14,17H,1,3,9-13H2/t17-/m1/s1. The van der Waals surface area contributed by atoms with Crippen molar-refractivity contribution in [3.63, 3.8) is 0 Å². The molecule has 0 aliphatic carbocycles. The monoisotopic (exact) mass is 442 g/mol. The predicted octanol–water partition coefficient (Wildman–Crippen LogP) is 2.29. The molecule has 1 atom stereocenters. The molecular weight excluding hydrogens is 420 g/mol. The largest absolute Gasteiger partial charge is 0.379 e. The maximum Gasteiger partial charge on any atom is 0.243 e. The highest BCUT2D eigenvalue weighted by Gasteiger charge is 2.37. The van der Waals surface area contributed by atoms with Crippen molar-refractivity contribution in [1.29, 1.82) is 0 Å². The van der Waals surface area contributed by atoms with Crippen LogP contribution in [-0.2, 0) is 24.8 Å². The number of thiophene rings is 1. The zero-order valence-electron chi connectivity index (χ0n) is 15.2. The van der Waals surface area contributed by atoms with Gasteiger partial charge in [0.2, 0.25) is 20.0 Å². The number of benzene rings is 1. The normalized spacial score (nSPS) is 22.5. The van der Waals surface area contributed by atoms with Gasteiger partial charge < -0.3 is 4.74 Å². The zero-order chi connectivity index (χ0) is 19.8. The summed E-state index contributed by atoms with van der Waals surface area (Å²) in [4.78, 5) is 1.26. The highest BCUT2D eigenvalue weighted by Crippen LogP contribution is 2.38. The van der Waals surface area contributed by atoms with E-state index < -0.39 is 20.0 Å². The lowest BCUT2D eigenvalue weighted by Gasteiger charge is -2.26. The summed E-state index contributed by atoms with van der Waals surface area (Å²) in [7, 11) is -7.33. The molecule has 2 saturated heterocycles. The van der Waals surface area contributed by atoms with E-state index in [1.54, 1.807) is 11.3 Å². The Bertz CT molecular complexity index is 1010. The smallest absolute Gasteiger partial charge is 0.243 e. The third kappa shape index (κ3) is 3.64. The van der Waals surface area contributed by atoms with E-state index in [1.165, 1.54) is 32.9 Å². The number of sulfonamides is 2. The fourth-order valence-electron chi connectivity index (χ4n) is 3.65. The summed E-state index contributed by atoms with van der Waals surface area (Å²) in [6.07, 6.45) is 1.61. The predicted molar refractivity (Wildman–Crippen MR) is 106 cm³/mol. The van der Waals surface area contributed by atoms with E-state index in [9.17, 15) is 16.8 Å². The van der Waals surface area contributed by atoms with E-state index in [0.717, 1.165) is 17.7 Å². The lowest BCUT2D eigenvalue weighted by atomic mass is 10.2. The van der Waals surface area contributed by atoms with Crippen LogP contribution in [0.3, 0.4) is 0 Å². The molecule has 1 aromatic heterocycles. The van der Waals surface area contributed by atoms with Gasteiger partial charge in [-0.25, -0.2) is 16.8 Å². The second-order valence-electron chi connectivity index (χ2n) is 6.78. The average Bonchev–Trinajstić information content (AvgIpc) is 3.40. The summed E-state index contributed by atoms with van der Waals surface area (Å²) < 4.78 is 59.9. The van der Waals surface area contributed by atoms with Gasteiger partial charge in [0.15, 0.2) is 0 Å². The summed E-state index contributed by atoms with van der Waals surface area (Å²) in [6, 6.07) is 9.29. The van der Waals surface area contributed by atoms with Crippen molar-refractivity contribution in [2.24, 2.45) is 0 Å². The first-order chi connectivity index (χ1) is 13.4. The van der Waals surface area contributed by atoms with Gasteiger partial charge in [0.1, 0.15) is 0 Å². The van der Waals surface area contributed by atoms with E-state index in [2.05, 4.69) is 0 Å². The zero-order valence-corrected chi connectivity index (χ0v) is 17.7. The number of hydrogen-bond donors (Lipinski definition) is 0. The minimum absolute atomic E-state index is 0.101. The summed E-state index contributed by atoms with van der Waals surface area (Å²) in [6.45, 7) is 1.81. The first-order valence-corrected chi connectivity index (χ1v) is 12.9. The first kappa shape index (κ1) is 20.0. The van der Waals surface area contributed by atoms with Gasteiger partial charge in [-0.15, -0.1) is 11.3 Å². The van der Waals surface area contributed by atoms with Crippen LogP contribution in [0, 0.1) is 0 Å². The summed E-state index contributed by atoms with van der Waals surface area (Å²) in [5.74, 6) is 0. The number of morpholine rings is 1. The van der Waals surface area contributed by atoms with Gasteiger partial charge in [0, 0.05) is 24.5 Å². The molecule has 7 nitrogen and oxygen atoms in total. The van der Waals surface area contributed by atoms with E-state index in [4.69, 9.17) is 4.74 Å². The van der Waals surface area contributed by atoms with Gasteiger partial charge in [0.05, 0.1) is 29.0 Å². The van der Waals surface area contributed by atoms with Gasteiger partial charge in [-0.1, -0.05) is 6.07 Å². The van der Waals surface area contributed by atoms with Crippen molar-refractivity contribution >= 4 is 31.4 Å². The van der Waals surface area contributed by atoms with E-state index in [-0.39, 0.29) is 15.8 Å². The molecule has 2 fully saturated rings. The molecule has 4 rings (SSSR count). The molecule has 0 bridgehead atoms. The Labute approximate surface area is 169 Å². The molecule has 1 aromatic carbocycles. The molecule has 2 aromatic rings. The van der Waals surface area contributed by atoms with E-state index in [1.807, 2.05) is 17.5 Å². The van der Waals surface area contributed by atoms with Crippen molar-refractivity contribution < 1.29 is 21.6 Å². The fraction of sp³-hybridized carbons (Fsp3) is 0.444. The Morgan fingerprint density at radius 2 is 1.54 bits per heavy atom. The molecule has 0 unspecified atom stereocenters. The first-order valence-electron chi connectivity index (χ1n) is 9.14. The quantitative estimate of drug-likeness (QED) is 0.709. The number of nitrogens with zero attached hydrogens (tertiary/aromatic N) is 2. The second kappa shape index (κ2) is 7.85. The summed E-state index contributed by atoms with van der Waals surface area (Å²) in [5, 5.41) is 1.95. The molecule has 2 aliphatic heterocycles. The molecule has 3 heterocycles. The second-order valence-corrected chi connectivity index (χ2v) is 11.6. The Balaban J connectivity index is 1.59. The van der Waals surface area contributed by atoms with Crippen LogP contribution < -0.4 is 0 Å². The highest BCUT2D eigenvalue weighted by molar-refractivity contribution is 7.89. The molecule has 2 aliphatic rings. The maximum atomic E-state index is 13.2. The number of rotatable bonds is 5. The molecule has 0 amide bonds. The molecule has 0 spiro atoms. The fourth-order valence-corrected chi connectivity index (χ4v) is 7.67. The van der Waals surface area contributed by atoms with Gasteiger partial charge >= 0.3 is 0 Å². The Morgan fingerprint density at radius 3 is 2.14 bits per heavy atom. The lowest BCUT2D eigenvalue weighted by molar-refractivity contribution is 0.0730. The molecule has 28 heavy (non-hydrogen) atoms. The minimum atomic E-state index is -3.69. The minimum Gasteiger partial charge on any atom is -0.379 e. The van der Waals surface area contributed by atoms with Crippen LogP contribution in [0.5, 0.6) is 0 Å². The Kier molecular flexibility index (Phi) is 5.60. The van der Waals surface area contributed by atoms with Gasteiger partial charge in [0.25, 0.3) is 0 Å². The third-order valence-electron chi connectivity index (χ3n) is 5.11. The molecule has 10 heteroatoms. The molecule has 0 radical (unpaired) electrons.